The molecule has 3 rings (SSSR count). The molecule has 0 radical (unpaired) electrons. The maximum atomic E-state index is 11.8. The Labute approximate surface area is 134 Å². The molecule has 2 aliphatic heterocycles. The highest BCUT2D eigenvalue weighted by molar-refractivity contribution is 5.90. The Morgan fingerprint density at radius 2 is 1.83 bits per heavy atom. The molecule has 1 saturated carbocycles. The fraction of sp³-hybridized carbons (Fsp3) is 0.800. The van der Waals surface area contributed by atoms with E-state index in [9.17, 15) is 25.2 Å². The Morgan fingerprint density at radius 1 is 1.13 bits per heavy atom. The predicted molar refractivity (Wildman–Crippen MR) is 77.9 cm³/mol. The second-order valence-electron chi connectivity index (χ2n) is 6.49. The van der Waals surface area contributed by atoms with Gasteiger partial charge in [-0.3, -0.25) is 9.63 Å². The van der Waals surface area contributed by atoms with Gasteiger partial charge in [-0.05, 0) is 38.2 Å². The highest BCUT2D eigenvalue weighted by Gasteiger charge is 2.39. The number of aliphatic hydroxyl groups excluding tert-OH is 4. The van der Waals surface area contributed by atoms with Gasteiger partial charge in [-0.25, -0.2) is 0 Å². The van der Waals surface area contributed by atoms with Crippen molar-refractivity contribution in [2.75, 3.05) is 0 Å². The van der Waals surface area contributed by atoms with E-state index >= 15 is 0 Å². The van der Waals surface area contributed by atoms with E-state index in [-0.39, 0.29) is 17.9 Å². The molecule has 6 atom stereocenters. The topological polar surface area (TPSA) is 114 Å². The molecule has 0 bridgehead atoms. The molecule has 1 amide bonds. The van der Waals surface area contributed by atoms with Gasteiger partial charge in [-0.15, -0.1) is 5.06 Å². The van der Waals surface area contributed by atoms with Crippen molar-refractivity contribution in [3.63, 3.8) is 0 Å². The van der Waals surface area contributed by atoms with Gasteiger partial charge in [0.05, 0.1) is 0 Å². The number of rotatable bonds is 4. The normalized spacial score (nSPS) is 40.1. The molecule has 8 nitrogen and oxygen atoms in total. The highest BCUT2D eigenvalue weighted by Crippen LogP contribution is 2.34. The smallest absolute Gasteiger partial charge is 0.248 e. The van der Waals surface area contributed by atoms with Crippen molar-refractivity contribution >= 4 is 5.91 Å². The molecule has 23 heavy (non-hydrogen) atoms. The fourth-order valence-electron chi connectivity index (χ4n) is 3.69. The maximum absolute atomic E-state index is 11.8. The van der Waals surface area contributed by atoms with E-state index in [0.29, 0.717) is 19.3 Å². The van der Waals surface area contributed by atoms with Gasteiger partial charge in [-0.1, -0.05) is 6.42 Å². The van der Waals surface area contributed by atoms with Crippen molar-refractivity contribution in [1.82, 2.24) is 9.96 Å². The van der Waals surface area contributed by atoms with Crippen LogP contribution in [-0.4, -0.2) is 67.3 Å². The quantitative estimate of drug-likeness (QED) is 0.502. The summed E-state index contributed by atoms with van der Waals surface area (Å²) < 4.78 is 0. The van der Waals surface area contributed by atoms with E-state index in [2.05, 4.69) is 0 Å². The van der Waals surface area contributed by atoms with Crippen molar-refractivity contribution < 1.29 is 30.1 Å². The SMILES string of the molecule is O=C1C=CC(O)N1C1CCCC(C(O)ON2C(O)CCC2O)C1. The van der Waals surface area contributed by atoms with Gasteiger partial charge in [-0.2, -0.15) is 0 Å². The molecule has 0 spiro atoms. The van der Waals surface area contributed by atoms with E-state index in [1.165, 1.54) is 17.1 Å². The predicted octanol–water partition coefficient (Wildman–Crippen LogP) is -0.755. The molecule has 0 aromatic heterocycles. The highest BCUT2D eigenvalue weighted by atomic mass is 16.8. The molecule has 4 N–H and O–H groups in total. The second kappa shape index (κ2) is 6.84. The lowest BCUT2D eigenvalue weighted by Crippen LogP contribution is -2.48. The lowest BCUT2D eigenvalue weighted by molar-refractivity contribution is -0.350. The van der Waals surface area contributed by atoms with Crippen LogP contribution in [-0.2, 0) is 9.63 Å². The first-order chi connectivity index (χ1) is 11.0. The summed E-state index contributed by atoms with van der Waals surface area (Å²) in [5.41, 5.74) is 0. The number of carbonyl (C=O) groups excluding carboxylic acids is 1. The molecule has 6 unspecified atom stereocenters. The minimum atomic E-state index is -1.16. The Kier molecular flexibility index (Phi) is 5.00. The van der Waals surface area contributed by atoms with Crippen molar-refractivity contribution in [3.8, 4) is 0 Å². The number of hydrogen-bond acceptors (Lipinski definition) is 7. The van der Waals surface area contributed by atoms with Crippen molar-refractivity contribution in [2.45, 2.75) is 69.5 Å². The van der Waals surface area contributed by atoms with Crippen LogP contribution in [0.3, 0.4) is 0 Å². The van der Waals surface area contributed by atoms with Crippen LogP contribution < -0.4 is 0 Å². The van der Waals surface area contributed by atoms with E-state index in [1.807, 2.05) is 0 Å². The molecule has 8 heteroatoms. The van der Waals surface area contributed by atoms with Gasteiger partial charge in [0.2, 0.25) is 5.91 Å². The summed E-state index contributed by atoms with van der Waals surface area (Å²) in [7, 11) is 0. The molecule has 1 saturated heterocycles. The summed E-state index contributed by atoms with van der Waals surface area (Å²) in [6.07, 6.45) is 2.47. The Morgan fingerprint density at radius 3 is 2.43 bits per heavy atom. The van der Waals surface area contributed by atoms with Gasteiger partial charge in [0.1, 0.15) is 18.7 Å². The van der Waals surface area contributed by atoms with E-state index in [4.69, 9.17) is 4.84 Å². The van der Waals surface area contributed by atoms with Crippen molar-refractivity contribution in [3.05, 3.63) is 12.2 Å². The largest absolute Gasteiger partial charge is 0.376 e. The maximum Gasteiger partial charge on any atom is 0.248 e. The summed E-state index contributed by atoms with van der Waals surface area (Å²) in [5, 5.41) is 40.7. The third-order valence-corrected chi connectivity index (χ3v) is 4.93. The fourth-order valence-corrected chi connectivity index (χ4v) is 3.69. The third-order valence-electron chi connectivity index (χ3n) is 4.93. The monoisotopic (exact) mass is 328 g/mol. The molecule has 1 aliphatic carbocycles. The summed E-state index contributed by atoms with van der Waals surface area (Å²) in [6.45, 7) is 0. The number of hydrogen-bond donors (Lipinski definition) is 4. The van der Waals surface area contributed by atoms with Crippen LogP contribution in [0.5, 0.6) is 0 Å². The van der Waals surface area contributed by atoms with Crippen LogP contribution in [0.1, 0.15) is 38.5 Å². The van der Waals surface area contributed by atoms with Crippen molar-refractivity contribution in [2.24, 2.45) is 5.92 Å². The Balaban J connectivity index is 1.58. The van der Waals surface area contributed by atoms with Gasteiger partial charge in [0.25, 0.3) is 0 Å². The van der Waals surface area contributed by atoms with Crippen LogP contribution in [0, 0.1) is 5.92 Å². The van der Waals surface area contributed by atoms with Crippen LogP contribution >= 0.6 is 0 Å². The number of hydroxylamine groups is 2. The summed E-state index contributed by atoms with van der Waals surface area (Å²) in [5.74, 6) is -0.446. The Bertz CT molecular complexity index is 463. The number of nitrogens with zero attached hydrogens (tertiary/aromatic N) is 2. The average Bonchev–Trinajstić information content (AvgIpc) is 3.03. The molecular formula is C15H24N2O6. The zero-order valence-corrected chi connectivity index (χ0v) is 12.9. The minimum Gasteiger partial charge on any atom is -0.376 e. The molecule has 2 fully saturated rings. The first kappa shape index (κ1) is 16.8. The number of amides is 1. The van der Waals surface area contributed by atoms with Crippen molar-refractivity contribution in [1.29, 1.82) is 0 Å². The first-order valence-corrected chi connectivity index (χ1v) is 8.15. The lowest BCUT2D eigenvalue weighted by Gasteiger charge is -2.39. The van der Waals surface area contributed by atoms with Gasteiger partial charge < -0.3 is 25.3 Å². The molecular weight excluding hydrogens is 304 g/mol. The Hall–Kier alpha value is -1.03. The number of aliphatic hydroxyl groups is 4. The van der Waals surface area contributed by atoms with Gasteiger partial charge >= 0.3 is 0 Å². The molecule has 3 aliphatic rings. The lowest BCUT2D eigenvalue weighted by atomic mass is 9.84. The number of carbonyl (C=O) groups is 1. The first-order valence-electron chi connectivity index (χ1n) is 8.15. The van der Waals surface area contributed by atoms with Crippen LogP contribution in [0.15, 0.2) is 12.2 Å². The van der Waals surface area contributed by atoms with E-state index in [1.54, 1.807) is 0 Å². The van der Waals surface area contributed by atoms with E-state index in [0.717, 1.165) is 24.3 Å². The summed E-state index contributed by atoms with van der Waals surface area (Å²) in [4.78, 5) is 18.6. The standard InChI is InChI=1S/C15H24N2O6/c18-11-4-5-12(19)16(11)10-3-1-2-9(8-10)15(22)23-17-13(20)6-7-14(17)21/h4-5,9-11,13-15,18,20-22H,1-3,6-8H2. The third kappa shape index (κ3) is 3.42. The van der Waals surface area contributed by atoms with E-state index < -0.39 is 25.0 Å². The molecule has 2 heterocycles. The zero-order chi connectivity index (χ0) is 16.6. The van der Waals surface area contributed by atoms with Gasteiger partial charge in [0, 0.05) is 18.0 Å². The zero-order valence-electron chi connectivity index (χ0n) is 12.9. The van der Waals surface area contributed by atoms with Crippen LogP contribution in [0.4, 0.5) is 0 Å². The van der Waals surface area contributed by atoms with Crippen LogP contribution in [0.25, 0.3) is 0 Å². The summed E-state index contributed by atoms with van der Waals surface area (Å²) >= 11 is 0. The average molecular weight is 328 g/mol. The van der Waals surface area contributed by atoms with Crippen LogP contribution in [0.2, 0.25) is 0 Å². The second-order valence-corrected chi connectivity index (χ2v) is 6.49. The molecule has 0 aromatic carbocycles. The minimum absolute atomic E-state index is 0.155. The summed E-state index contributed by atoms with van der Waals surface area (Å²) in [6, 6.07) is -0.155. The van der Waals surface area contributed by atoms with Gasteiger partial charge in [0.15, 0.2) is 6.29 Å². The molecule has 0 aromatic rings. The molecule has 130 valence electrons.